The van der Waals surface area contributed by atoms with Gasteiger partial charge >= 0.3 is 6.09 Å². The van der Waals surface area contributed by atoms with Gasteiger partial charge in [-0.2, -0.15) is 5.26 Å². The van der Waals surface area contributed by atoms with Crippen molar-refractivity contribution in [3.63, 3.8) is 0 Å². The Kier molecular flexibility index (Phi) is 8.50. The first-order valence-electron chi connectivity index (χ1n) is 15.8. The SMILES string of the molecule is CN1CCC[C@H]1COc1cc(N2CCN(C(=O)OC(C)(C)C)C(CC#N)C2)c2c(n1)CN(c1nccc3ccccc13)CC2. The lowest BCUT2D eigenvalue weighted by molar-refractivity contribution is 0.0145. The van der Waals surface area contributed by atoms with Crippen LogP contribution >= 0.6 is 0 Å². The van der Waals surface area contributed by atoms with E-state index in [0.29, 0.717) is 44.7 Å². The first-order valence-corrected chi connectivity index (χ1v) is 15.8. The van der Waals surface area contributed by atoms with Crippen LogP contribution in [0.15, 0.2) is 42.6 Å². The molecule has 3 aliphatic rings. The van der Waals surface area contributed by atoms with Crippen LogP contribution in [0.25, 0.3) is 10.8 Å². The maximum Gasteiger partial charge on any atom is 0.410 e. The highest BCUT2D eigenvalue weighted by atomic mass is 16.6. The Morgan fingerprint density at radius 1 is 1.09 bits per heavy atom. The molecule has 3 aromatic rings. The number of nitrogens with zero attached hydrogens (tertiary/aromatic N) is 7. The van der Waals surface area contributed by atoms with E-state index in [0.717, 1.165) is 48.5 Å². The lowest BCUT2D eigenvalue weighted by atomic mass is 9.99. The van der Waals surface area contributed by atoms with E-state index in [2.05, 4.69) is 58.1 Å². The van der Waals surface area contributed by atoms with Crippen molar-refractivity contribution in [2.75, 3.05) is 56.2 Å². The molecule has 2 aromatic heterocycles. The lowest BCUT2D eigenvalue weighted by Crippen LogP contribution is -2.56. The molecule has 10 heteroatoms. The smallest absolute Gasteiger partial charge is 0.410 e. The second kappa shape index (κ2) is 12.5. The van der Waals surface area contributed by atoms with Crippen LogP contribution in [0.3, 0.4) is 0 Å². The van der Waals surface area contributed by atoms with Crippen molar-refractivity contribution >= 4 is 28.4 Å². The normalized spacial score (nSPS) is 20.8. The number of anilines is 2. The Bertz CT molecular complexity index is 1540. The van der Waals surface area contributed by atoms with Gasteiger partial charge in [0.25, 0.3) is 0 Å². The summed E-state index contributed by atoms with van der Waals surface area (Å²) in [6, 6.07) is 14.9. The molecule has 2 saturated heterocycles. The molecule has 10 nitrogen and oxygen atoms in total. The molecule has 1 aromatic carbocycles. The number of benzene rings is 1. The highest BCUT2D eigenvalue weighted by Crippen LogP contribution is 2.36. The predicted molar refractivity (Wildman–Crippen MR) is 171 cm³/mol. The van der Waals surface area contributed by atoms with Gasteiger partial charge in [0, 0.05) is 61.1 Å². The van der Waals surface area contributed by atoms with E-state index in [1.54, 1.807) is 4.90 Å². The Morgan fingerprint density at radius 2 is 1.93 bits per heavy atom. The van der Waals surface area contributed by atoms with Crippen LogP contribution < -0.4 is 14.5 Å². The van der Waals surface area contributed by atoms with E-state index in [1.807, 2.05) is 33.0 Å². The van der Waals surface area contributed by atoms with Gasteiger partial charge in [0.2, 0.25) is 5.88 Å². The predicted octanol–water partition coefficient (Wildman–Crippen LogP) is 5.00. The zero-order valence-electron chi connectivity index (χ0n) is 26.3. The summed E-state index contributed by atoms with van der Waals surface area (Å²) >= 11 is 0. The van der Waals surface area contributed by atoms with Gasteiger partial charge in [-0.05, 0) is 65.1 Å². The Labute approximate surface area is 260 Å². The fourth-order valence-electron chi connectivity index (χ4n) is 6.67. The maximum absolute atomic E-state index is 13.1. The van der Waals surface area contributed by atoms with Crippen molar-refractivity contribution in [3.05, 3.63) is 53.9 Å². The van der Waals surface area contributed by atoms with E-state index < -0.39 is 5.60 Å². The number of amides is 1. The molecule has 6 rings (SSSR count). The van der Waals surface area contributed by atoms with Gasteiger partial charge in [0.15, 0.2) is 0 Å². The van der Waals surface area contributed by atoms with Crippen LogP contribution in [0.5, 0.6) is 5.88 Å². The van der Waals surface area contributed by atoms with Crippen LogP contribution in [0.4, 0.5) is 16.3 Å². The van der Waals surface area contributed by atoms with Gasteiger partial charge in [-0.15, -0.1) is 0 Å². The molecular formula is C34H43N7O3. The number of aromatic nitrogens is 2. The molecule has 0 spiro atoms. The molecule has 232 valence electrons. The van der Waals surface area contributed by atoms with Crippen LogP contribution in [0, 0.1) is 11.3 Å². The van der Waals surface area contributed by atoms with Gasteiger partial charge in [-0.25, -0.2) is 14.8 Å². The summed E-state index contributed by atoms with van der Waals surface area (Å²) in [4.78, 5) is 31.6. The molecule has 0 saturated carbocycles. The monoisotopic (exact) mass is 597 g/mol. The highest BCUT2D eigenvalue weighted by molar-refractivity contribution is 5.92. The lowest BCUT2D eigenvalue weighted by Gasteiger charge is -2.43. The van der Waals surface area contributed by atoms with Gasteiger partial charge in [-0.3, -0.25) is 0 Å². The fourth-order valence-corrected chi connectivity index (χ4v) is 6.67. The Morgan fingerprint density at radius 3 is 2.70 bits per heavy atom. The first-order chi connectivity index (χ1) is 21.2. The molecule has 0 bridgehead atoms. The molecule has 5 heterocycles. The number of carbonyl (C=O) groups is 1. The third-order valence-corrected chi connectivity index (χ3v) is 8.96. The number of piperazine rings is 1. The van der Waals surface area contributed by atoms with Crippen LogP contribution in [-0.4, -0.2) is 89.9 Å². The van der Waals surface area contributed by atoms with Crippen molar-refractivity contribution in [1.82, 2.24) is 19.8 Å². The van der Waals surface area contributed by atoms with E-state index in [-0.39, 0.29) is 18.6 Å². The number of nitriles is 1. The zero-order valence-corrected chi connectivity index (χ0v) is 26.3. The Hall–Kier alpha value is -4.10. The van der Waals surface area contributed by atoms with Crippen LogP contribution in [-0.2, 0) is 17.7 Å². The van der Waals surface area contributed by atoms with Crippen molar-refractivity contribution in [3.8, 4) is 11.9 Å². The number of likely N-dealkylation sites (N-methyl/N-ethyl adjacent to an activating group) is 1. The third kappa shape index (κ3) is 6.39. The largest absolute Gasteiger partial charge is 0.476 e. The van der Waals surface area contributed by atoms with Crippen molar-refractivity contribution in [2.45, 2.75) is 70.7 Å². The summed E-state index contributed by atoms with van der Waals surface area (Å²) in [7, 11) is 2.15. The number of likely N-dealkylation sites (tertiary alicyclic amines) is 1. The van der Waals surface area contributed by atoms with Gasteiger partial charge in [-0.1, -0.05) is 24.3 Å². The molecule has 2 atom stereocenters. The van der Waals surface area contributed by atoms with Crippen molar-refractivity contribution in [1.29, 1.82) is 5.26 Å². The number of rotatable bonds is 6. The average Bonchev–Trinajstić information content (AvgIpc) is 3.42. The minimum absolute atomic E-state index is 0.237. The number of pyridine rings is 2. The summed E-state index contributed by atoms with van der Waals surface area (Å²) in [5, 5.41) is 12.0. The second-order valence-electron chi connectivity index (χ2n) is 13.2. The van der Waals surface area contributed by atoms with Crippen molar-refractivity contribution in [2.24, 2.45) is 0 Å². The number of fused-ring (bicyclic) bond motifs is 2. The third-order valence-electron chi connectivity index (χ3n) is 8.96. The summed E-state index contributed by atoms with van der Waals surface area (Å²) in [6.45, 7) is 10.4. The van der Waals surface area contributed by atoms with E-state index in [9.17, 15) is 10.1 Å². The molecule has 1 unspecified atom stereocenters. The molecular weight excluding hydrogens is 554 g/mol. The topological polar surface area (TPSA) is 98.1 Å². The number of hydrogen-bond acceptors (Lipinski definition) is 9. The standard InChI is InChI=1S/C34H43N7O3/c1-34(2,3)44-33(42)41-19-18-39(21-25(41)11-14-35)30-20-31(43-23-26-9-7-16-38(26)4)37-29-22-40(17-13-28(29)30)32-27-10-6-5-8-24(27)12-15-36-32/h5-6,8,10,12,15,20,25-26H,7,9,11,13,16-19,21-23H2,1-4H3/t25?,26-/m0/s1. The molecule has 2 fully saturated rings. The summed E-state index contributed by atoms with van der Waals surface area (Å²) in [5.74, 6) is 1.59. The maximum atomic E-state index is 13.1. The number of hydrogen-bond donors (Lipinski definition) is 0. The van der Waals surface area contributed by atoms with Gasteiger partial charge in [0.05, 0.1) is 30.8 Å². The fraction of sp³-hybridized carbons (Fsp3) is 0.529. The quantitative estimate of drug-likeness (QED) is 0.389. The Balaban J connectivity index is 1.30. The second-order valence-corrected chi connectivity index (χ2v) is 13.2. The van der Waals surface area contributed by atoms with E-state index in [4.69, 9.17) is 19.4 Å². The highest BCUT2D eigenvalue weighted by Gasteiger charge is 2.35. The summed E-state index contributed by atoms with van der Waals surface area (Å²) < 4.78 is 12.1. The minimum Gasteiger partial charge on any atom is -0.476 e. The average molecular weight is 598 g/mol. The molecule has 0 radical (unpaired) electrons. The first kappa shape index (κ1) is 29.9. The molecule has 1 amide bonds. The van der Waals surface area contributed by atoms with Gasteiger partial charge < -0.3 is 29.1 Å². The summed E-state index contributed by atoms with van der Waals surface area (Å²) in [6.07, 6.45) is 4.87. The number of ether oxygens (including phenoxy) is 2. The van der Waals surface area contributed by atoms with E-state index >= 15 is 0 Å². The molecule has 3 aliphatic heterocycles. The van der Waals surface area contributed by atoms with Crippen LogP contribution in [0.2, 0.25) is 0 Å². The van der Waals surface area contributed by atoms with E-state index in [1.165, 1.54) is 17.4 Å². The minimum atomic E-state index is -0.597. The zero-order chi connectivity index (χ0) is 30.8. The number of carbonyl (C=O) groups excluding carboxylic acids is 1. The summed E-state index contributed by atoms with van der Waals surface area (Å²) in [5.41, 5.74) is 2.68. The molecule has 44 heavy (non-hydrogen) atoms. The van der Waals surface area contributed by atoms with Gasteiger partial charge in [0.1, 0.15) is 18.0 Å². The molecule has 0 N–H and O–H groups in total. The van der Waals surface area contributed by atoms with Crippen LogP contribution in [0.1, 0.15) is 51.3 Å². The van der Waals surface area contributed by atoms with Crippen molar-refractivity contribution < 1.29 is 14.3 Å². The molecule has 0 aliphatic carbocycles.